The van der Waals surface area contributed by atoms with E-state index in [9.17, 15) is 4.79 Å². The lowest BCUT2D eigenvalue weighted by atomic mass is 10.1. The van der Waals surface area contributed by atoms with Gasteiger partial charge in [0.2, 0.25) is 0 Å². The molecular formula is C14H19ClN2O. The van der Waals surface area contributed by atoms with Crippen LogP contribution in [0.4, 0.5) is 0 Å². The molecule has 3 nitrogen and oxygen atoms in total. The molecular weight excluding hydrogens is 248 g/mol. The van der Waals surface area contributed by atoms with Crippen molar-refractivity contribution in [3.63, 3.8) is 0 Å². The van der Waals surface area contributed by atoms with E-state index in [1.807, 2.05) is 24.4 Å². The third kappa shape index (κ3) is 3.12. The molecule has 0 aliphatic rings. The van der Waals surface area contributed by atoms with Crippen molar-refractivity contribution >= 4 is 29.1 Å². The van der Waals surface area contributed by atoms with Crippen molar-refractivity contribution in [2.45, 2.75) is 13.3 Å². The highest BCUT2D eigenvalue weighted by molar-refractivity contribution is 5.98. The molecule has 0 unspecified atom stereocenters. The van der Waals surface area contributed by atoms with Gasteiger partial charge in [0.1, 0.15) is 0 Å². The Hall–Kier alpha value is -1.32. The van der Waals surface area contributed by atoms with Gasteiger partial charge in [-0.25, -0.2) is 0 Å². The second kappa shape index (κ2) is 6.03. The number of halogens is 1. The van der Waals surface area contributed by atoms with Gasteiger partial charge in [0.25, 0.3) is 0 Å². The molecule has 1 aromatic carbocycles. The number of rotatable bonds is 4. The van der Waals surface area contributed by atoms with Crippen molar-refractivity contribution < 1.29 is 4.79 Å². The van der Waals surface area contributed by atoms with Crippen LogP contribution < -0.4 is 0 Å². The van der Waals surface area contributed by atoms with E-state index >= 15 is 0 Å². The summed E-state index contributed by atoms with van der Waals surface area (Å²) in [4.78, 5) is 16.8. The van der Waals surface area contributed by atoms with Crippen molar-refractivity contribution in [2.75, 3.05) is 20.6 Å². The molecule has 2 rings (SSSR count). The molecule has 0 spiro atoms. The summed E-state index contributed by atoms with van der Waals surface area (Å²) in [6, 6.07) is 5.83. The standard InChI is InChI=1S/C14H18N2O.ClH/c1-10(17)11-4-5-14-13(8-11)12(9-15-14)6-7-16(2)3;/h4-5,8-9,15H,6-7H2,1-3H3;1H. The van der Waals surface area contributed by atoms with Gasteiger partial charge in [0.05, 0.1) is 0 Å². The smallest absolute Gasteiger partial charge is 0.159 e. The van der Waals surface area contributed by atoms with Gasteiger partial charge in [-0.3, -0.25) is 4.79 Å². The number of fused-ring (bicyclic) bond motifs is 1. The largest absolute Gasteiger partial charge is 0.361 e. The summed E-state index contributed by atoms with van der Waals surface area (Å²) in [6.07, 6.45) is 3.03. The van der Waals surface area contributed by atoms with Crippen molar-refractivity contribution in [3.05, 3.63) is 35.5 Å². The topological polar surface area (TPSA) is 36.1 Å². The van der Waals surface area contributed by atoms with Crippen molar-refractivity contribution in [1.29, 1.82) is 0 Å². The lowest BCUT2D eigenvalue weighted by Crippen LogP contribution is -2.14. The van der Waals surface area contributed by atoms with E-state index in [1.54, 1.807) is 6.92 Å². The summed E-state index contributed by atoms with van der Waals surface area (Å²) < 4.78 is 0. The Labute approximate surface area is 114 Å². The Morgan fingerprint density at radius 2 is 2.06 bits per heavy atom. The quantitative estimate of drug-likeness (QED) is 0.864. The minimum Gasteiger partial charge on any atom is -0.361 e. The van der Waals surface area contributed by atoms with Crippen LogP contribution in [0.2, 0.25) is 0 Å². The minimum absolute atomic E-state index is 0. The molecule has 1 aromatic heterocycles. The minimum atomic E-state index is 0. The molecule has 98 valence electrons. The predicted octanol–water partition coefficient (Wildman–Crippen LogP) is 2.90. The first kappa shape index (κ1) is 14.7. The Kier molecular flexibility index (Phi) is 4.93. The number of H-pyrrole nitrogens is 1. The molecule has 0 aliphatic heterocycles. The normalized spacial score (nSPS) is 10.7. The molecule has 0 aliphatic carbocycles. The van der Waals surface area contributed by atoms with Gasteiger partial charge in [-0.2, -0.15) is 0 Å². The maximum absolute atomic E-state index is 11.4. The Morgan fingerprint density at radius 3 is 2.67 bits per heavy atom. The van der Waals surface area contributed by atoms with Crippen LogP contribution in [0.3, 0.4) is 0 Å². The molecule has 0 saturated heterocycles. The molecule has 0 amide bonds. The summed E-state index contributed by atoms with van der Waals surface area (Å²) in [5, 5.41) is 1.17. The molecule has 18 heavy (non-hydrogen) atoms. The number of ketones is 1. The zero-order valence-corrected chi connectivity index (χ0v) is 11.8. The van der Waals surface area contributed by atoms with Crippen molar-refractivity contribution in [1.82, 2.24) is 9.88 Å². The van der Waals surface area contributed by atoms with Crippen LogP contribution in [-0.4, -0.2) is 36.3 Å². The number of carbonyl (C=O) groups excluding carboxylic acids is 1. The third-order valence-corrected chi connectivity index (χ3v) is 3.00. The van der Waals surface area contributed by atoms with Crippen LogP contribution in [0.15, 0.2) is 24.4 Å². The molecule has 0 bridgehead atoms. The first-order chi connectivity index (χ1) is 8.08. The van der Waals surface area contributed by atoms with E-state index in [1.165, 1.54) is 10.9 Å². The number of hydrogen-bond acceptors (Lipinski definition) is 2. The number of benzene rings is 1. The summed E-state index contributed by atoms with van der Waals surface area (Å²) in [7, 11) is 4.13. The van der Waals surface area contributed by atoms with Crippen molar-refractivity contribution in [3.8, 4) is 0 Å². The third-order valence-electron chi connectivity index (χ3n) is 3.00. The molecule has 0 fully saturated rings. The molecule has 4 heteroatoms. The monoisotopic (exact) mass is 266 g/mol. The maximum atomic E-state index is 11.4. The fourth-order valence-electron chi connectivity index (χ4n) is 1.95. The first-order valence-electron chi connectivity index (χ1n) is 5.83. The molecule has 0 radical (unpaired) electrons. The summed E-state index contributed by atoms with van der Waals surface area (Å²) in [5.74, 6) is 0.117. The molecule has 0 atom stereocenters. The van der Waals surface area contributed by atoms with Gasteiger partial charge in [0, 0.05) is 29.2 Å². The van der Waals surface area contributed by atoms with E-state index in [4.69, 9.17) is 0 Å². The first-order valence-corrected chi connectivity index (χ1v) is 5.83. The fourth-order valence-corrected chi connectivity index (χ4v) is 1.95. The van der Waals surface area contributed by atoms with Gasteiger partial charge < -0.3 is 9.88 Å². The van der Waals surface area contributed by atoms with Gasteiger partial charge in [-0.05, 0) is 51.2 Å². The predicted molar refractivity (Wildman–Crippen MR) is 77.8 cm³/mol. The average molecular weight is 267 g/mol. The number of nitrogens with one attached hydrogen (secondary N) is 1. The Bertz CT molecular complexity index is 546. The van der Waals surface area contributed by atoms with E-state index in [0.717, 1.165) is 24.0 Å². The highest BCUT2D eigenvalue weighted by atomic mass is 35.5. The molecule has 1 heterocycles. The number of hydrogen-bond donors (Lipinski definition) is 1. The van der Waals surface area contributed by atoms with Gasteiger partial charge in [0.15, 0.2) is 5.78 Å². The lowest BCUT2D eigenvalue weighted by molar-refractivity contribution is 0.101. The number of carbonyl (C=O) groups is 1. The average Bonchev–Trinajstić information content (AvgIpc) is 2.68. The van der Waals surface area contributed by atoms with Gasteiger partial charge in [-0.1, -0.05) is 0 Å². The van der Waals surface area contributed by atoms with Crippen LogP contribution in [0, 0.1) is 0 Å². The Morgan fingerprint density at radius 1 is 1.33 bits per heavy atom. The van der Waals surface area contributed by atoms with E-state index in [-0.39, 0.29) is 18.2 Å². The summed E-state index contributed by atoms with van der Waals surface area (Å²) >= 11 is 0. The van der Waals surface area contributed by atoms with Crippen LogP contribution >= 0.6 is 12.4 Å². The maximum Gasteiger partial charge on any atom is 0.159 e. The highest BCUT2D eigenvalue weighted by Crippen LogP contribution is 2.20. The lowest BCUT2D eigenvalue weighted by Gasteiger charge is -2.08. The second-order valence-corrected chi connectivity index (χ2v) is 4.68. The van der Waals surface area contributed by atoms with Crippen LogP contribution in [0.25, 0.3) is 10.9 Å². The number of aromatic amines is 1. The molecule has 2 aromatic rings. The second-order valence-electron chi connectivity index (χ2n) is 4.68. The highest BCUT2D eigenvalue weighted by Gasteiger charge is 2.07. The van der Waals surface area contributed by atoms with Gasteiger partial charge >= 0.3 is 0 Å². The molecule has 1 N–H and O–H groups in total. The summed E-state index contributed by atoms with van der Waals surface area (Å²) in [5.41, 5.74) is 3.16. The SMILES string of the molecule is CC(=O)c1ccc2[nH]cc(CCN(C)C)c2c1.Cl. The van der Waals surface area contributed by atoms with Crippen molar-refractivity contribution in [2.24, 2.45) is 0 Å². The summed E-state index contributed by atoms with van der Waals surface area (Å²) in [6.45, 7) is 2.62. The number of nitrogens with zero attached hydrogens (tertiary/aromatic N) is 1. The van der Waals surface area contributed by atoms with Crippen LogP contribution in [0.1, 0.15) is 22.8 Å². The Balaban J connectivity index is 0.00000162. The number of likely N-dealkylation sites (N-methyl/N-ethyl adjacent to an activating group) is 1. The van der Waals surface area contributed by atoms with E-state index < -0.39 is 0 Å². The number of Topliss-reactive ketones (excluding diaryl/α,β-unsaturated/α-hetero) is 1. The van der Waals surface area contributed by atoms with E-state index in [0.29, 0.717) is 0 Å². The zero-order chi connectivity index (χ0) is 12.4. The van der Waals surface area contributed by atoms with Crippen LogP contribution in [0.5, 0.6) is 0 Å². The van der Waals surface area contributed by atoms with E-state index in [2.05, 4.69) is 24.0 Å². The molecule has 0 saturated carbocycles. The zero-order valence-electron chi connectivity index (χ0n) is 11.0. The van der Waals surface area contributed by atoms with Gasteiger partial charge in [-0.15, -0.1) is 12.4 Å². The van der Waals surface area contributed by atoms with Crippen LogP contribution in [-0.2, 0) is 6.42 Å². The number of aromatic nitrogens is 1. The fraction of sp³-hybridized carbons (Fsp3) is 0.357.